The van der Waals surface area contributed by atoms with Gasteiger partial charge in [0.1, 0.15) is 0 Å². The van der Waals surface area contributed by atoms with E-state index in [2.05, 4.69) is 52.2 Å². The monoisotopic (exact) mass is 324 g/mol. The van der Waals surface area contributed by atoms with Gasteiger partial charge in [-0.15, -0.1) is 0 Å². The van der Waals surface area contributed by atoms with Crippen LogP contribution in [0.4, 0.5) is 5.95 Å². The molecule has 0 spiro atoms. The van der Waals surface area contributed by atoms with Crippen LogP contribution in [-0.2, 0) is 6.54 Å². The summed E-state index contributed by atoms with van der Waals surface area (Å²) in [5, 5.41) is 7.00. The molecule has 0 atom stereocenters. The maximum absolute atomic E-state index is 5.37. The quantitative estimate of drug-likeness (QED) is 0.717. The molecule has 0 amide bonds. The van der Waals surface area contributed by atoms with Crippen molar-refractivity contribution in [1.29, 1.82) is 0 Å². The van der Waals surface area contributed by atoms with Crippen molar-refractivity contribution in [2.24, 2.45) is 0 Å². The van der Waals surface area contributed by atoms with Crippen molar-refractivity contribution in [3.63, 3.8) is 0 Å². The van der Waals surface area contributed by atoms with E-state index < -0.39 is 0 Å². The van der Waals surface area contributed by atoms with Crippen molar-refractivity contribution >= 4 is 34.3 Å². The molecule has 0 radical (unpaired) electrons. The second kappa shape index (κ2) is 6.79. The Hall–Kier alpha value is -2.40. The molecule has 118 valence electrons. The first-order valence-corrected chi connectivity index (χ1v) is 8.11. The van der Waals surface area contributed by atoms with Gasteiger partial charge >= 0.3 is 0 Å². The number of benzene rings is 2. The second-order valence-electron chi connectivity index (χ2n) is 5.75. The number of aromatic nitrogens is 2. The first kappa shape index (κ1) is 15.5. The number of imidazole rings is 1. The molecule has 0 aliphatic heterocycles. The molecule has 0 unspecified atom stereocenters. The van der Waals surface area contributed by atoms with E-state index in [0.29, 0.717) is 5.11 Å². The van der Waals surface area contributed by atoms with Crippen molar-refractivity contribution in [2.45, 2.75) is 26.4 Å². The molecule has 0 bridgehead atoms. The number of fused-ring (bicyclic) bond motifs is 1. The standard InChI is InChI=1S/C18H20N4S/c1-13(2)19-18(23)21-17-20-15-10-6-7-11-16(15)22(17)12-14-8-4-3-5-9-14/h3-11,13H,12H2,1-2H3,(H2,19,20,21,23). The van der Waals surface area contributed by atoms with Gasteiger partial charge in [0.05, 0.1) is 17.6 Å². The molecule has 1 aromatic heterocycles. The molecule has 5 heteroatoms. The highest BCUT2D eigenvalue weighted by atomic mass is 32.1. The zero-order chi connectivity index (χ0) is 16.2. The first-order valence-electron chi connectivity index (χ1n) is 7.70. The fourth-order valence-electron chi connectivity index (χ4n) is 2.50. The topological polar surface area (TPSA) is 41.9 Å². The summed E-state index contributed by atoms with van der Waals surface area (Å²) in [5.74, 6) is 0.758. The van der Waals surface area contributed by atoms with Gasteiger partial charge in [-0.05, 0) is 43.8 Å². The average molecular weight is 324 g/mol. The Bertz CT molecular complexity index is 808. The van der Waals surface area contributed by atoms with Crippen LogP contribution < -0.4 is 10.6 Å². The lowest BCUT2D eigenvalue weighted by atomic mass is 10.2. The zero-order valence-corrected chi connectivity index (χ0v) is 14.1. The fourth-order valence-corrected chi connectivity index (χ4v) is 2.82. The predicted octanol–water partition coefficient (Wildman–Crippen LogP) is 3.78. The maximum Gasteiger partial charge on any atom is 0.210 e. The van der Waals surface area contributed by atoms with E-state index in [4.69, 9.17) is 12.2 Å². The molecule has 2 N–H and O–H groups in total. The van der Waals surface area contributed by atoms with Gasteiger partial charge in [-0.3, -0.25) is 0 Å². The molecule has 3 aromatic rings. The summed E-state index contributed by atoms with van der Waals surface area (Å²) < 4.78 is 2.15. The van der Waals surface area contributed by atoms with Crippen molar-refractivity contribution in [3.05, 3.63) is 60.2 Å². The lowest BCUT2D eigenvalue weighted by molar-refractivity contribution is 0.737. The summed E-state index contributed by atoms with van der Waals surface area (Å²) in [7, 11) is 0. The van der Waals surface area contributed by atoms with Crippen LogP contribution in [0, 0.1) is 0 Å². The van der Waals surface area contributed by atoms with Gasteiger partial charge in [-0.25, -0.2) is 4.98 Å². The minimum Gasteiger partial charge on any atom is -0.360 e. The number of anilines is 1. The van der Waals surface area contributed by atoms with Crippen LogP contribution >= 0.6 is 12.2 Å². The molecule has 0 saturated heterocycles. The minimum absolute atomic E-state index is 0.280. The van der Waals surface area contributed by atoms with Gasteiger partial charge in [0.25, 0.3) is 0 Å². The Morgan fingerprint density at radius 1 is 1.09 bits per heavy atom. The molecule has 2 aromatic carbocycles. The highest BCUT2D eigenvalue weighted by Gasteiger charge is 2.12. The highest BCUT2D eigenvalue weighted by Crippen LogP contribution is 2.21. The number of nitrogens with zero attached hydrogens (tertiary/aromatic N) is 2. The van der Waals surface area contributed by atoms with Crippen molar-refractivity contribution < 1.29 is 0 Å². The van der Waals surface area contributed by atoms with Crippen LogP contribution in [0.1, 0.15) is 19.4 Å². The maximum atomic E-state index is 5.37. The third-order valence-electron chi connectivity index (χ3n) is 3.48. The summed E-state index contributed by atoms with van der Waals surface area (Å²) >= 11 is 5.37. The lowest BCUT2D eigenvalue weighted by Gasteiger charge is -2.14. The van der Waals surface area contributed by atoms with Crippen LogP contribution in [-0.4, -0.2) is 20.7 Å². The molecule has 0 aliphatic rings. The van der Waals surface area contributed by atoms with E-state index in [1.54, 1.807) is 0 Å². The minimum atomic E-state index is 0.280. The number of para-hydroxylation sites is 2. The average Bonchev–Trinajstić information content (AvgIpc) is 2.85. The summed E-state index contributed by atoms with van der Waals surface area (Å²) in [4.78, 5) is 4.68. The molecule has 1 heterocycles. The fraction of sp³-hybridized carbons (Fsp3) is 0.222. The van der Waals surface area contributed by atoms with Crippen LogP contribution in [0.2, 0.25) is 0 Å². The normalized spacial score (nSPS) is 10.9. The second-order valence-corrected chi connectivity index (χ2v) is 6.16. The van der Waals surface area contributed by atoms with Crippen LogP contribution in [0.5, 0.6) is 0 Å². The molecule has 23 heavy (non-hydrogen) atoms. The molecule has 3 rings (SSSR count). The van der Waals surface area contributed by atoms with Crippen molar-refractivity contribution in [1.82, 2.24) is 14.9 Å². The number of nitrogens with one attached hydrogen (secondary N) is 2. The lowest BCUT2D eigenvalue weighted by Crippen LogP contribution is -2.34. The number of hydrogen-bond acceptors (Lipinski definition) is 2. The van der Waals surface area contributed by atoms with Gasteiger partial charge < -0.3 is 15.2 Å². The van der Waals surface area contributed by atoms with Gasteiger partial charge in [0.2, 0.25) is 5.95 Å². The zero-order valence-electron chi connectivity index (χ0n) is 13.3. The molecule has 0 saturated carbocycles. The third-order valence-corrected chi connectivity index (χ3v) is 3.70. The smallest absolute Gasteiger partial charge is 0.210 e. The van der Waals surface area contributed by atoms with E-state index in [-0.39, 0.29) is 6.04 Å². The molecule has 4 nitrogen and oxygen atoms in total. The van der Waals surface area contributed by atoms with Crippen LogP contribution in [0.15, 0.2) is 54.6 Å². The predicted molar refractivity (Wildman–Crippen MR) is 99.8 cm³/mol. The summed E-state index contributed by atoms with van der Waals surface area (Å²) in [6, 6.07) is 18.7. The molecular formula is C18H20N4S. The SMILES string of the molecule is CC(C)NC(=S)Nc1nc2ccccc2n1Cc1ccccc1. The van der Waals surface area contributed by atoms with E-state index in [1.807, 2.05) is 36.4 Å². The molecular weight excluding hydrogens is 304 g/mol. The van der Waals surface area contributed by atoms with Crippen LogP contribution in [0.25, 0.3) is 11.0 Å². The van der Waals surface area contributed by atoms with Crippen molar-refractivity contribution in [2.75, 3.05) is 5.32 Å². The third kappa shape index (κ3) is 3.68. The van der Waals surface area contributed by atoms with Gasteiger partial charge in [-0.2, -0.15) is 0 Å². The summed E-state index contributed by atoms with van der Waals surface area (Å²) in [6.07, 6.45) is 0. The molecule has 0 fully saturated rings. The van der Waals surface area contributed by atoms with Gasteiger partial charge in [-0.1, -0.05) is 42.5 Å². The van der Waals surface area contributed by atoms with E-state index in [0.717, 1.165) is 23.5 Å². The van der Waals surface area contributed by atoms with Crippen LogP contribution in [0.3, 0.4) is 0 Å². The number of rotatable bonds is 4. The number of thiocarbonyl (C=S) groups is 1. The Labute approximate surface area is 141 Å². The van der Waals surface area contributed by atoms with E-state index in [9.17, 15) is 0 Å². The first-order chi connectivity index (χ1) is 11.1. The number of hydrogen-bond donors (Lipinski definition) is 2. The molecule has 0 aliphatic carbocycles. The van der Waals surface area contributed by atoms with Gasteiger partial charge in [0.15, 0.2) is 5.11 Å². The van der Waals surface area contributed by atoms with E-state index >= 15 is 0 Å². The van der Waals surface area contributed by atoms with E-state index in [1.165, 1.54) is 5.56 Å². The van der Waals surface area contributed by atoms with Crippen molar-refractivity contribution in [3.8, 4) is 0 Å². The Balaban J connectivity index is 1.96. The Morgan fingerprint density at radius 2 is 1.78 bits per heavy atom. The summed E-state index contributed by atoms with van der Waals surface area (Å²) in [5.41, 5.74) is 3.27. The Kier molecular flexibility index (Phi) is 4.57. The largest absolute Gasteiger partial charge is 0.360 e. The summed E-state index contributed by atoms with van der Waals surface area (Å²) in [6.45, 7) is 4.86. The highest BCUT2D eigenvalue weighted by molar-refractivity contribution is 7.80. The van der Waals surface area contributed by atoms with Gasteiger partial charge in [0, 0.05) is 6.04 Å². The Morgan fingerprint density at radius 3 is 2.52 bits per heavy atom.